The van der Waals surface area contributed by atoms with E-state index in [-0.39, 0.29) is 6.04 Å². The maximum Gasteiger partial charge on any atom is 0.407 e. The Morgan fingerprint density at radius 1 is 1.18 bits per heavy atom. The van der Waals surface area contributed by atoms with Crippen LogP contribution in [0.3, 0.4) is 0 Å². The highest BCUT2D eigenvalue weighted by Crippen LogP contribution is 2.38. The van der Waals surface area contributed by atoms with Crippen molar-refractivity contribution in [3.63, 3.8) is 0 Å². The quantitative estimate of drug-likeness (QED) is 0.594. The monoisotopic (exact) mass is 473 g/mol. The molecule has 9 nitrogen and oxygen atoms in total. The zero-order chi connectivity index (χ0) is 23.8. The summed E-state index contributed by atoms with van der Waals surface area (Å²) >= 11 is 6.33. The maximum absolute atomic E-state index is 12.1. The summed E-state index contributed by atoms with van der Waals surface area (Å²) in [7, 11) is 3.15. The summed E-state index contributed by atoms with van der Waals surface area (Å²) in [5.41, 5.74) is 0.912. The molecule has 1 N–H and O–H groups in total. The fourth-order valence-electron chi connectivity index (χ4n) is 3.79. The van der Waals surface area contributed by atoms with Crippen LogP contribution in [0, 0.1) is 0 Å². The van der Waals surface area contributed by atoms with Gasteiger partial charge in [-0.2, -0.15) is 4.98 Å². The first kappa shape index (κ1) is 23.0. The van der Waals surface area contributed by atoms with Crippen LogP contribution in [0.25, 0.3) is 17.0 Å². The third-order valence-corrected chi connectivity index (χ3v) is 5.59. The SMILES string of the molecule is COc1cc(OC)c(-c2cn3ccc(N4CC[C@@H](NC(=O)OC(C)(C)C)C4)nc3n2)cc1Cl. The van der Waals surface area contributed by atoms with Gasteiger partial charge in [0.25, 0.3) is 0 Å². The topological polar surface area (TPSA) is 90.2 Å². The van der Waals surface area contributed by atoms with E-state index in [1.165, 1.54) is 0 Å². The van der Waals surface area contributed by atoms with Crippen LogP contribution in [0.4, 0.5) is 10.6 Å². The second kappa shape index (κ2) is 8.97. The van der Waals surface area contributed by atoms with E-state index < -0.39 is 11.7 Å². The van der Waals surface area contributed by atoms with E-state index in [0.717, 1.165) is 24.3 Å². The Balaban J connectivity index is 1.53. The molecule has 1 amide bonds. The lowest BCUT2D eigenvalue weighted by atomic mass is 10.1. The van der Waals surface area contributed by atoms with Gasteiger partial charge < -0.3 is 24.4 Å². The number of halogens is 1. The lowest BCUT2D eigenvalue weighted by molar-refractivity contribution is 0.0509. The number of hydrogen-bond acceptors (Lipinski definition) is 7. The number of nitrogens with zero attached hydrogens (tertiary/aromatic N) is 4. The van der Waals surface area contributed by atoms with Gasteiger partial charge in [0.1, 0.15) is 22.9 Å². The largest absolute Gasteiger partial charge is 0.496 e. The van der Waals surface area contributed by atoms with Gasteiger partial charge in [-0.3, -0.25) is 4.40 Å². The molecular formula is C23H28ClN5O4. The van der Waals surface area contributed by atoms with Gasteiger partial charge >= 0.3 is 6.09 Å². The Bertz CT molecular complexity index is 1170. The van der Waals surface area contributed by atoms with Crippen molar-refractivity contribution in [3.8, 4) is 22.8 Å². The first-order chi connectivity index (χ1) is 15.7. The van der Waals surface area contributed by atoms with E-state index in [2.05, 4.69) is 15.2 Å². The lowest BCUT2D eigenvalue weighted by Gasteiger charge is -2.22. The van der Waals surface area contributed by atoms with Crippen LogP contribution in [0.5, 0.6) is 11.5 Å². The molecule has 3 aromatic rings. The van der Waals surface area contributed by atoms with E-state index in [1.807, 2.05) is 43.6 Å². The number of ether oxygens (including phenoxy) is 3. The molecule has 10 heteroatoms. The van der Waals surface area contributed by atoms with Crippen LogP contribution in [0.1, 0.15) is 27.2 Å². The Labute approximate surface area is 197 Å². The minimum absolute atomic E-state index is 0.00103. The van der Waals surface area contributed by atoms with E-state index in [4.69, 9.17) is 30.8 Å². The Kier molecular flexibility index (Phi) is 6.25. The van der Waals surface area contributed by atoms with Gasteiger partial charge in [-0.05, 0) is 39.3 Å². The number of hydrogen-bond donors (Lipinski definition) is 1. The molecule has 0 bridgehead atoms. The third kappa shape index (κ3) is 5.08. The van der Waals surface area contributed by atoms with E-state index >= 15 is 0 Å². The highest BCUT2D eigenvalue weighted by Gasteiger charge is 2.27. The molecule has 1 fully saturated rings. The second-order valence-electron chi connectivity index (χ2n) is 8.88. The van der Waals surface area contributed by atoms with E-state index in [9.17, 15) is 4.79 Å². The maximum atomic E-state index is 12.1. The first-order valence-corrected chi connectivity index (χ1v) is 11.1. The van der Waals surface area contributed by atoms with Crippen molar-refractivity contribution >= 4 is 29.3 Å². The van der Waals surface area contributed by atoms with Crippen LogP contribution in [0.15, 0.2) is 30.6 Å². The van der Waals surface area contributed by atoms with Gasteiger partial charge in [0.05, 0.1) is 31.0 Å². The van der Waals surface area contributed by atoms with Crippen LogP contribution in [-0.2, 0) is 4.74 Å². The number of rotatable bonds is 5. The molecule has 0 saturated carbocycles. The van der Waals surface area contributed by atoms with Crippen molar-refractivity contribution in [2.75, 3.05) is 32.2 Å². The fourth-order valence-corrected chi connectivity index (χ4v) is 4.03. The molecule has 0 aliphatic carbocycles. The number of amides is 1. The molecule has 0 radical (unpaired) electrons. The summed E-state index contributed by atoms with van der Waals surface area (Å²) < 4.78 is 18.0. The smallest absolute Gasteiger partial charge is 0.407 e. The highest BCUT2D eigenvalue weighted by molar-refractivity contribution is 6.32. The average Bonchev–Trinajstić information content (AvgIpc) is 3.38. The van der Waals surface area contributed by atoms with Crippen molar-refractivity contribution in [1.29, 1.82) is 0 Å². The molecule has 1 saturated heterocycles. The van der Waals surface area contributed by atoms with Crippen molar-refractivity contribution in [1.82, 2.24) is 19.7 Å². The minimum Gasteiger partial charge on any atom is -0.496 e. The summed E-state index contributed by atoms with van der Waals surface area (Å²) in [6.07, 6.45) is 4.21. The van der Waals surface area contributed by atoms with Crippen LogP contribution in [0.2, 0.25) is 5.02 Å². The molecule has 4 rings (SSSR count). The highest BCUT2D eigenvalue weighted by atomic mass is 35.5. The summed E-state index contributed by atoms with van der Waals surface area (Å²) in [4.78, 5) is 23.6. The van der Waals surface area contributed by atoms with Gasteiger partial charge in [-0.1, -0.05) is 11.6 Å². The first-order valence-electron chi connectivity index (χ1n) is 10.7. The van der Waals surface area contributed by atoms with Crippen LogP contribution >= 0.6 is 11.6 Å². The zero-order valence-electron chi connectivity index (χ0n) is 19.4. The standard InChI is InChI=1S/C23H28ClN5O4/c1-23(2,3)33-22(30)25-14-6-8-28(12-14)20-7-9-29-13-17(26-21(29)27-20)15-10-16(24)19(32-5)11-18(15)31-4/h7,9-11,13-14H,6,8,12H2,1-5H3,(H,25,30)/t14-/m1/s1. The predicted octanol–water partition coefficient (Wildman–Crippen LogP) is 4.17. The van der Waals surface area contributed by atoms with Gasteiger partial charge in [-0.25, -0.2) is 9.78 Å². The van der Waals surface area contributed by atoms with Gasteiger partial charge in [0, 0.05) is 37.1 Å². The average molecular weight is 474 g/mol. The summed E-state index contributed by atoms with van der Waals surface area (Å²) in [6.45, 7) is 6.97. The molecule has 0 spiro atoms. The fraction of sp³-hybridized carbons (Fsp3) is 0.435. The molecule has 2 aromatic heterocycles. The van der Waals surface area contributed by atoms with Crippen LogP contribution in [-0.4, -0.2) is 59.4 Å². The lowest BCUT2D eigenvalue weighted by Crippen LogP contribution is -2.40. The van der Waals surface area contributed by atoms with Crippen molar-refractivity contribution in [3.05, 3.63) is 35.6 Å². The zero-order valence-corrected chi connectivity index (χ0v) is 20.1. The number of imidazole rings is 1. The Morgan fingerprint density at radius 2 is 1.94 bits per heavy atom. The molecule has 0 unspecified atom stereocenters. The number of alkyl carbamates (subject to hydrolysis) is 1. The number of nitrogens with one attached hydrogen (secondary N) is 1. The molecule has 33 heavy (non-hydrogen) atoms. The number of benzene rings is 1. The second-order valence-corrected chi connectivity index (χ2v) is 9.29. The van der Waals surface area contributed by atoms with Gasteiger partial charge in [0.2, 0.25) is 5.78 Å². The molecule has 3 heterocycles. The normalized spacial score (nSPS) is 16.2. The molecule has 176 valence electrons. The Morgan fingerprint density at radius 3 is 2.64 bits per heavy atom. The van der Waals surface area contributed by atoms with Crippen LogP contribution < -0.4 is 19.7 Å². The van der Waals surface area contributed by atoms with Crippen molar-refractivity contribution < 1.29 is 19.0 Å². The number of methoxy groups -OCH3 is 2. The summed E-state index contributed by atoms with van der Waals surface area (Å²) in [5.74, 6) is 2.49. The number of anilines is 1. The molecule has 1 aliphatic heterocycles. The van der Waals surface area contributed by atoms with Crippen molar-refractivity contribution in [2.24, 2.45) is 0 Å². The third-order valence-electron chi connectivity index (χ3n) is 5.29. The Hall–Kier alpha value is -3.20. The van der Waals surface area contributed by atoms with Gasteiger partial charge in [0.15, 0.2) is 0 Å². The number of carbonyl (C=O) groups is 1. The number of fused-ring (bicyclic) bond motifs is 1. The number of carbonyl (C=O) groups excluding carboxylic acids is 1. The number of aromatic nitrogens is 3. The van der Waals surface area contributed by atoms with Crippen molar-refractivity contribution in [2.45, 2.75) is 38.8 Å². The van der Waals surface area contributed by atoms with E-state index in [1.54, 1.807) is 26.4 Å². The summed E-state index contributed by atoms with van der Waals surface area (Å²) in [6, 6.07) is 5.45. The molecule has 1 atom stereocenters. The molecule has 1 aromatic carbocycles. The minimum atomic E-state index is -0.524. The predicted molar refractivity (Wildman–Crippen MR) is 127 cm³/mol. The summed E-state index contributed by atoms with van der Waals surface area (Å²) in [5, 5.41) is 3.41. The molecular weight excluding hydrogens is 446 g/mol. The molecule has 1 aliphatic rings. The van der Waals surface area contributed by atoms with Gasteiger partial charge in [-0.15, -0.1) is 0 Å². The van der Waals surface area contributed by atoms with E-state index in [0.29, 0.717) is 34.5 Å².